The minimum atomic E-state index is -0.526. The van der Waals surface area contributed by atoms with Crippen LogP contribution in [0.5, 0.6) is 0 Å². The zero-order valence-corrected chi connectivity index (χ0v) is 13.7. The third-order valence-corrected chi connectivity index (χ3v) is 4.20. The van der Waals surface area contributed by atoms with Crippen molar-refractivity contribution in [2.75, 3.05) is 31.5 Å². The second-order valence-corrected chi connectivity index (χ2v) is 6.33. The van der Waals surface area contributed by atoms with E-state index in [9.17, 15) is 4.79 Å². The molecule has 6 heteroatoms. The summed E-state index contributed by atoms with van der Waals surface area (Å²) in [6.45, 7) is 9.45. The van der Waals surface area contributed by atoms with Crippen LogP contribution in [-0.2, 0) is 4.79 Å². The zero-order chi connectivity index (χ0) is 14.8. The van der Waals surface area contributed by atoms with Gasteiger partial charge in [-0.15, -0.1) is 0 Å². The van der Waals surface area contributed by atoms with E-state index in [4.69, 9.17) is 0 Å². The Hall–Kier alpha value is -0.980. The molecule has 1 aromatic rings. The molecule has 1 aliphatic heterocycles. The number of pyridine rings is 1. The quantitative estimate of drug-likeness (QED) is 0.823. The van der Waals surface area contributed by atoms with E-state index >= 15 is 0 Å². The SMILES string of the molecule is Cc1nc(Br)ccc1NC(=O)C(C)(C)N1CCNCC1. The molecular formula is C14H21BrN4O. The summed E-state index contributed by atoms with van der Waals surface area (Å²) in [7, 11) is 0. The van der Waals surface area contributed by atoms with Crippen molar-refractivity contribution in [2.24, 2.45) is 0 Å². The monoisotopic (exact) mass is 340 g/mol. The van der Waals surface area contributed by atoms with Gasteiger partial charge in [0.05, 0.1) is 16.9 Å². The Kier molecular flexibility index (Phi) is 4.78. The van der Waals surface area contributed by atoms with E-state index in [2.05, 4.69) is 36.4 Å². The number of anilines is 1. The summed E-state index contributed by atoms with van der Waals surface area (Å²) in [5, 5.41) is 6.29. The predicted octanol–water partition coefficient (Wildman–Crippen LogP) is 1.77. The second-order valence-electron chi connectivity index (χ2n) is 5.52. The molecule has 2 rings (SSSR count). The van der Waals surface area contributed by atoms with Crippen LogP contribution in [0.15, 0.2) is 16.7 Å². The molecule has 5 nitrogen and oxygen atoms in total. The molecule has 2 N–H and O–H groups in total. The van der Waals surface area contributed by atoms with Crippen molar-refractivity contribution < 1.29 is 4.79 Å². The van der Waals surface area contributed by atoms with Gasteiger partial charge in [-0.25, -0.2) is 4.98 Å². The number of carbonyl (C=O) groups excluding carboxylic acids is 1. The van der Waals surface area contributed by atoms with Crippen LogP contribution in [0.2, 0.25) is 0 Å². The molecule has 1 fully saturated rings. The van der Waals surface area contributed by atoms with Crippen LogP contribution in [0.4, 0.5) is 5.69 Å². The summed E-state index contributed by atoms with van der Waals surface area (Å²) in [6, 6.07) is 3.71. The third-order valence-electron chi connectivity index (χ3n) is 3.76. The van der Waals surface area contributed by atoms with E-state index in [-0.39, 0.29) is 5.91 Å². The van der Waals surface area contributed by atoms with Crippen molar-refractivity contribution in [1.82, 2.24) is 15.2 Å². The number of hydrogen-bond acceptors (Lipinski definition) is 4. The molecule has 0 saturated carbocycles. The van der Waals surface area contributed by atoms with Gasteiger partial charge in [-0.1, -0.05) is 0 Å². The van der Waals surface area contributed by atoms with Crippen molar-refractivity contribution in [2.45, 2.75) is 26.3 Å². The van der Waals surface area contributed by atoms with Gasteiger partial charge < -0.3 is 10.6 Å². The largest absolute Gasteiger partial charge is 0.323 e. The lowest BCUT2D eigenvalue weighted by Crippen LogP contribution is -2.58. The molecule has 0 unspecified atom stereocenters. The third kappa shape index (κ3) is 3.37. The summed E-state index contributed by atoms with van der Waals surface area (Å²) in [5.41, 5.74) is 1.05. The Morgan fingerprint density at radius 2 is 2.05 bits per heavy atom. The van der Waals surface area contributed by atoms with E-state index in [1.54, 1.807) is 0 Å². The standard InChI is InChI=1S/C14H21BrN4O/c1-10-11(4-5-12(15)17-10)18-13(20)14(2,3)19-8-6-16-7-9-19/h4-5,16H,6-9H2,1-3H3,(H,18,20). The maximum atomic E-state index is 12.6. The van der Waals surface area contributed by atoms with Crippen LogP contribution in [0.3, 0.4) is 0 Å². The Morgan fingerprint density at radius 3 is 2.65 bits per heavy atom. The summed E-state index contributed by atoms with van der Waals surface area (Å²) in [4.78, 5) is 19.1. The molecule has 2 heterocycles. The Balaban J connectivity index is 2.09. The first-order valence-electron chi connectivity index (χ1n) is 6.81. The smallest absolute Gasteiger partial charge is 0.244 e. The van der Waals surface area contributed by atoms with Gasteiger partial charge in [0.25, 0.3) is 0 Å². The van der Waals surface area contributed by atoms with E-state index in [1.165, 1.54) is 0 Å². The Labute approximate surface area is 128 Å². The first-order valence-corrected chi connectivity index (χ1v) is 7.61. The molecule has 0 radical (unpaired) electrons. The number of aromatic nitrogens is 1. The number of amides is 1. The van der Waals surface area contributed by atoms with E-state index in [0.717, 1.165) is 42.2 Å². The number of carbonyl (C=O) groups is 1. The van der Waals surface area contributed by atoms with Gasteiger partial charge in [0.15, 0.2) is 0 Å². The van der Waals surface area contributed by atoms with Crippen molar-refractivity contribution >= 4 is 27.5 Å². The lowest BCUT2D eigenvalue weighted by molar-refractivity contribution is -0.126. The zero-order valence-electron chi connectivity index (χ0n) is 12.2. The van der Waals surface area contributed by atoms with Crippen LogP contribution in [-0.4, -0.2) is 47.5 Å². The highest BCUT2D eigenvalue weighted by Gasteiger charge is 2.35. The maximum Gasteiger partial charge on any atom is 0.244 e. The molecule has 20 heavy (non-hydrogen) atoms. The van der Waals surface area contributed by atoms with E-state index in [1.807, 2.05) is 32.9 Å². The van der Waals surface area contributed by atoms with Gasteiger partial charge in [0.2, 0.25) is 5.91 Å². The molecule has 1 amide bonds. The van der Waals surface area contributed by atoms with Gasteiger partial charge >= 0.3 is 0 Å². The summed E-state index contributed by atoms with van der Waals surface area (Å²) >= 11 is 3.33. The van der Waals surface area contributed by atoms with Crippen molar-refractivity contribution in [1.29, 1.82) is 0 Å². The van der Waals surface area contributed by atoms with E-state index in [0.29, 0.717) is 0 Å². The normalized spacial score (nSPS) is 17.0. The van der Waals surface area contributed by atoms with Gasteiger partial charge in [-0.05, 0) is 48.8 Å². The number of nitrogens with zero attached hydrogens (tertiary/aromatic N) is 2. The van der Waals surface area contributed by atoms with Gasteiger partial charge in [-0.3, -0.25) is 9.69 Å². The molecule has 1 aromatic heterocycles. The average Bonchev–Trinajstić information content (AvgIpc) is 2.42. The summed E-state index contributed by atoms with van der Waals surface area (Å²) in [5.74, 6) is 0.00613. The molecule has 0 aromatic carbocycles. The van der Waals surface area contributed by atoms with Crippen molar-refractivity contribution in [3.8, 4) is 0 Å². The van der Waals surface area contributed by atoms with Gasteiger partial charge in [-0.2, -0.15) is 0 Å². The van der Waals surface area contributed by atoms with Gasteiger partial charge in [0, 0.05) is 26.2 Å². The summed E-state index contributed by atoms with van der Waals surface area (Å²) < 4.78 is 0.773. The van der Waals surface area contributed by atoms with Crippen LogP contribution in [0.1, 0.15) is 19.5 Å². The number of rotatable bonds is 3. The topological polar surface area (TPSA) is 57.3 Å². The fourth-order valence-corrected chi connectivity index (χ4v) is 2.70. The first kappa shape index (κ1) is 15.4. The highest BCUT2D eigenvalue weighted by molar-refractivity contribution is 9.10. The molecular weight excluding hydrogens is 320 g/mol. The Morgan fingerprint density at radius 1 is 1.40 bits per heavy atom. The Bertz CT molecular complexity index is 498. The highest BCUT2D eigenvalue weighted by atomic mass is 79.9. The molecule has 0 atom stereocenters. The number of piperazine rings is 1. The van der Waals surface area contributed by atoms with Crippen molar-refractivity contribution in [3.63, 3.8) is 0 Å². The summed E-state index contributed by atoms with van der Waals surface area (Å²) in [6.07, 6.45) is 0. The van der Waals surface area contributed by atoms with Crippen LogP contribution in [0.25, 0.3) is 0 Å². The average molecular weight is 341 g/mol. The maximum absolute atomic E-state index is 12.6. The first-order chi connectivity index (χ1) is 9.41. The number of hydrogen-bond donors (Lipinski definition) is 2. The minimum Gasteiger partial charge on any atom is -0.323 e. The minimum absolute atomic E-state index is 0.00613. The van der Waals surface area contributed by atoms with Crippen LogP contribution < -0.4 is 10.6 Å². The lowest BCUT2D eigenvalue weighted by atomic mass is 10.00. The lowest BCUT2D eigenvalue weighted by Gasteiger charge is -2.39. The predicted molar refractivity (Wildman–Crippen MR) is 83.8 cm³/mol. The number of aryl methyl sites for hydroxylation is 1. The van der Waals surface area contributed by atoms with Crippen molar-refractivity contribution in [3.05, 3.63) is 22.4 Å². The fourth-order valence-electron chi connectivity index (χ4n) is 2.31. The molecule has 1 saturated heterocycles. The highest BCUT2D eigenvalue weighted by Crippen LogP contribution is 2.21. The molecule has 1 aliphatic rings. The van der Waals surface area contributed by atoms with Crippen LogP contribution in [0, 0.1) is 6.92 Å². The molecule has 0 spiro atoms. The number of halogens is 1. The molecule has 0 bridgehead atoms. The molecule has 110 valence electrons. The molecule has 0 aliphatic carbocycles. The van der Waals surface area contributed by atoms with Crippen LogP contribution >= 0.6 is 15.9 Å². The second kappa shape index (κ2) is 6.20. The van der Waals surface area contributed by atoms with E-state index < -0.39 is 5.54 Å². The number of nitrogens with one attached hydrogen (secondary N) is 2. The fraction of sp³-hybridized carbons (Fsp3) is 0.571. The van der Waals surface area contributed by atoms with Gasteiger partial charge in [0.1, 0.15) is 4.60 Å².